The lowest BCUT2D eigenvalue weighted by atomic mass is 10.1. The lowest BCUT2D eigenvalue weighted by molar-refractivity contribution is -0.117. The number of halogens is 1. The zero-order valence-corrected chi connectivity index (χ0v) is 20.7. The number of fused-ring (bicyclic) bond motifs is 2. The second kappa shape index (κ2) is 11.1. The quantitative estimate of drug-likeness (QED) is 0.176. The number of nitriles is 1. The average Bonchev–Trinajstić information content (AvgIpc) is 3.53. The van der Waals surface area contributed by atoms with Crippen LogP contribution >= 0.6 is 11.6 Å². The number of aryl methyl sites for hydroxylation is 1. The molecule has 2 heterocycles. The van der Waals surface area contributed by atoms with Crippen LogP contribution in [-0.4, -0.2) is 23.9 Å². The summed E-state index contributed by atoms with van der Waals surface area (Å²) in [7, 11) is 0. The molecule has 1 aliphatic heterocycles. The third kappa shape index (κ3) is 5.55. The fourth-order valence-electron chi connectivity index (χ4n) is 4.19. The summed E-state index contributed by atoms with van der Waals surface area (Å²) in [4.78, 5) is 12.8. The molecule has 1 amide bonds. The van der Waals surface area contributed by atoms with Crippen molar-refractivity contribution < 1.29 is 19.0 Å². The molecule has 0 aliphatic carbocycles. The molecule has 7 nitrogen and oxygen atoms in total. The molecule has 0 radical (unpaired) electrons. The minimum Gasteiger partial charge on any atom is -0.492 e. The van der Waals surface area contributed by atoms with Crippen LogP contribution in [0.1, 0.15) is 17.5 Å². The number of carbonyl (C=O) groups excluding carboxylic acids is 1. The van der Waals surface area contributed by atoms with Crippen LogP contribution in [0.15, 0.2) is 78.5 Å². The van der Waals surface area contributed by atoms with E-state index in [4.69, 9.17) is 25.8 Å². The number of amides is 1. The monoisotopic (exact) mass is 513 g/mol. The molecule has 0 saturated heterocycles. The molecular weight excluding hydrogens is 490 g/mol. The van der Waals surface area contributed by atoms with Gasteiger partial charge >= 0.3 is 0 Å². The number of ether oxygens (including phenoxy) is 3. The Morgan fingerprint density at radius 3 is 2.78 bits per heavy atom. The molecule has 5 rings (SSSR count). The maximum absolute atomic E-state index is 12.8. The van der Waals surface area contributed by atoms with E-state index in [2.05, 4.69) is 9.88 Å². The van der Waals surface area contributed by atoms with Crippen LogP contribution in [-0.2, 0) is 17.9 Å². The van der Waals surface area contributed by atoms with E-state index in [1.54, 1.807) is 18.2 Å². The number of carbonyl (C=O) groups is 1. The van der Waals surface area contributed by atoms with Crippen LogP contribution in [0, 0.1) is 11.3 Å². The molecule has 0 spiro atoms. The summed E-state index contributed by atoms with van der Waals surface area (Å²) in [5.41, 5.74) is 2.71. The fraction of sp³-hybridized carbons (Fsp3) is 0.172. The van der Waals surface area contributed by atoms with Gasteiger partial charge in [0.05, 0.1) is 11.6 Å². The van der Waals surface area contributed by atoms with E-state index >= 15 is 0 Å². The van der Waals surface area contributed by atoms with Gasteiger partial charge in [0.1, 0.15) is 17.4 Å². The first-order valence-electron chi connectivity index (χ1n) is 11.9. The molecule has 186 valence electrons. The molecule has 0 unspecified atom stereocenters. The topological polar surface area (TPSA) is 85.5 Å². The number of nitrogens with zero attached hydrogens (tertiary/aromatic N) is 2. The Bertz CT molecular complexity index is 1520. The second-order valence-electron chi connectivity index (χ2n) is 8.47. The van der Waals surface area contributed by atoms with E-state index in [0.29, 0.717) is 35.4 Å². The van der Waals surface area contributed by atoms with E-state index in [9.17, 15) is 10.1 Å². The molecule has 0 bridgehead atoms. The summed E-state index contributed by atoms with van der Waals surface area (Å²) >= 11 is 6.16. The number of aromatic nitrogens is 1. The third-order valence-electron chi connectivity index (χ3n) is 6.01. The first-order valence-corrected chi connectivity index (χ1v) is 12.2. The highest BCUT2D eigenvalue weighted by Gasteiger charge is 2.15. The zero-order valence-electron chi connectivity index (χ0n) is 19.9. The van der Waals surface area contributed by atoms with Crippen molar-refractivity contribution in [3.8, 4) is 23.3 Å². The first kappa shape index (κ1) is 24.3. The largest absolute Gasteiger partial charge is 0.492 e. The van der Waals surface area contributed by atoms with E-state index in [1.807, 2.05) is 66.9 Å². The number of hydrogen-bond donors (Lipinski definition) is 1. The minimum atomic E-state index is -0.440. The Morgan fingerprint density at radius 2 is 1.92 bits per heavy atom. The molecule has 1 N–H and O–H groups in total. The Labute approximate surface area is 219 Å². The summed E-state index contributed by atoms with van der Waals surface area (Å²) < 4.78 is 18.6. The summed E-state index contributed by atoms with van der Waals surface area (Å²) in [6.45, 7) is 1.67. The van der Waals surface area contributed by atoms with Gasteiger partial charge in [0.25, 0.3) is 5.91 Å². The minimum absolute atomic E-state index is 0.0331. The molecular formula is C29H24ClN3O4. The highest BCUT2D eigenvalue weighted by Crippen LogP contribution is 2.32. The van der Waals surface area contributed by atoms with Crippen molar-refractivity contribution in [2.45, 2.75) is 19.5 Å². The lowest BCUT2D eigenvalue weighted by Gasteiger charge is -2.09. The standard InChI is InChI=1S/C29H24ClN3O4/c30-24-7-2-4-9-26(24)35-13-5-12-33-18-22(23-6-1-3-8-25(23)33)15-21(16-31)29(34)32-17-20-10-11-27-28(14-20)37-19-36-27/h1-4,6-11,14-15,18H,5,12-13,17,19H2,(H,32,34)/b21-15+. The van der Waals surface area contributed by atoms with Gasteiger partial charge in [0, 0.05) is 35.8 Å². The average molecular weight is 514 g/mol. The highest BCUT2D eigenvalue weighted by molar-refractivity contribution is 6.32. The van der Waals surface area contributed by atoms with Crippen LogP contribution in [0.2, 0.25) is 5.02 Å². The molecule has 0 saturated carbocycles. The molecule has 37 heavy (non-hydrogen) atoms. The molecule has 4 aromatic rings. The van der Waals surface area contributed by atoms with Crippen LogP contribution in [0.25, 0.3) is 17.0 Å². The number of hydrogen-bond acceptors (Lipinski definition) is 5. The van der Waals surface area contributed by atoms with Gasteiger partial charge in [0.2, 0.25) is 6.79 Å². The van der Waals surface area contributed by atoms with Crippen molar-refractivity contribution in [2.75, 3.05) is 13.4 Å². The fourth-order valence-corrected chi connectivity index (χ4v) is 4.38. The SMILES string of the molecule is N#C/C(=C\c1cn(CCCOc2ccccc2Cl)c2ccccc12)C(=O)NCc1ccc2c(c1)OCO2. The molecule has 8 heteroatoms. The van der Waals surface area contributed by atoms with Crippen LogP contribution in [0.5, 0.6) is 17.2 Å². The van der Waals surface area contributed by atoms with Crippen LogP contribution in [0.4, 0.5) is 0 Å². The van der Waals surface area contributed by atoms with E-state index in [0.717, 1.165) is 28.5 Å². The van der Waals surface area contributed by atoms with Crippen molar-refractivity contribution in [2.24, 2.45) is 0 Å². The molecule has 0 fully saturated rings. The number of nitrogens with one attached hydrogen (secondary N) is 1. The Balaban J connectivity index is 1.27. The van der Waals surface area contributed by atoms with Gasteiger partial charge in [-0.2, -0.15) is 5.26 Å². The van der Waals surface area contributed by atoms with Crippen molar-refractivity contribution in [1.82, 2.24) is 9.88 Å². The first-order chi connectivity index (χ1) is 18.1. The van der Waals surface area contributed by atoms with Gasteiger partial charge in [-0.05, 0) is 48.4 Å². The van der Waals surface area contributed by atoms with Crippen molar-refractivity contribution in [3.63, 3.8) is 0 Å². The summed E-state index contributed by atoms with van der Waals surface area (Å²) in [5.74, 6) is 1.55. The third-order valence-corrected chi connectivity index (χ3v) is 6.32. The van der Waals surface area contributed by atoms with Gasteiger partial charge in [-0.25, -0.2) is 0 Å². The Morgan fingerprint density at radius 1 is 1.11 bits per heavy atom. The van der Waals surface area contributed by atoms with Crippen molar-refractivity contribution in [3.05, 3.63) is 94.6 Å². The molecule has 1 aromatic heterocycles. The molecule has 1 aliphatic rings. The predicted molar refractivity (Wildman–Crippen MR) is 142 cm³/mol. The predicted octanol–water partition coefficient (Wildman–Crippen LogP) is 5.72. The van der Waals surface area contributed by atoms with Gasteiger partial charge in [0.15, 0.2) is 11.5 Å². The second-order valence-corrected chi connectivity index (χ2v) is 8.87. The Hall–Kier alpha value is -4.41. The normalized spacial score (nSPS) is 12.4. The zero-order chi connectivity index (χ0) is 25.6. The summed E-state index contributed by atoms with van der Waals surface area (Å²) in [6.07, 6.45) is 4.35. The number of rotatable bonds is 9. The van der Waals surface area contributed by atoms with Crippen LogP contribution in [0.3, 0.4) is 0 Å². The number of para-hydroxylation sites is 2. The van der Waals surface area contributed by atoms with E-state index in [-0.39, 0.29) is 18.9 Å². The maximum Gasteiger partial charge on any atom is 0.262 e. The van der Waals surface area contributed by atoms with Crippen LogP contribution < -0.4 is 19.5 Å². The van der Waals surface area contributed by atoms with Gasteiger partial charge in [-0.3, -0.25) is 4.79 Å². The molecule has 0 atom stereocenters. The van der Waals surface area contributed by atoms with Crippen molar-refractivity contribution in [1.29, 1.82) is 5.26 Å². The van der Waals surface area contributed by atoms with Gasteiger partial charge in [-0.15, -0.1) is 0 Å². The summed E-state index contributed by atoms with van der Waals surface area (Å²) in [6, 6.07) is 22.8. The van der Waals surface area contributed by atoms with Crippen molar-refractivity contribution >= 4 is 34.5 Å². The van der Waals surface area contributed by atoms with E-state index in [1.165, 1.54) is 0 Å². The lowest BCUT2D eigenvalue weighted by Crippen LogP contribution is -2.23. The van der Waals surface area contributed by atoms with E-state index < -0.39 is 5.91 Å². The number of benzene rings is 3. The van der Waals surface area contributed by atoms with Gasteiger partial charge in [-0.1, -0.05) is 48.0 Å². The molecule has 3 aromatic carbocycles. The smallest absolute Gasteiger partial charge is 0.262 e. The summed E-state index contributed by atoms with van der Waals surface area (Å²) in [5, 5.41) is 14.1. The van der Waals surface area contributed by atoms with Gasteiger partial charge < -0.3 is 24.1 Å². The highest BCUT2D eigenvalue weighted by atomic mass is 35.5. The Kier molecular flexibility index (Phi) is 7.29. The maximum atomic E-state index is 12.8.